The van der Waals surface area contributed by atoms with E-state index in [-0.39, 0.29) is 5.95 Å². The number of nitrogens with two attached hydrogens (primary N) is 1. The molecule has 7 heteroatoms. The van der Waals surface area contributed by atoms with Crippen molar-refractivity contribution in [3.8, 4) is 0 Å². The van der Waals surface area contributed by atoms with Gasteiger partial charge in [0.25, 0.3) is 0 Å². The molecule has 0 amide bonds. The summed E-state index contributed by atoms with van der Waals surface area (Å²) in [5.41, 5.74) is 5.67. The van der Waals surface area contributed by atoms with Crippen molar-refractivity contribution in [3.63, 3.8) is 0 Å². The van der Waals surface area contributed by atoms with E-state index < -0.39 is 5.60 Å². The van der Waals surface area contributed by atoms with E-state index in [0.29, 0.717) is 12.2 Å². The second-order valence-electron chi connectivity index (χ2n) is 5.41. The fourth-order valence-corrected chi connectivity index (χ4v) is 2.64. The molecule has 2 aromatic heterocycles. The Labute approximate surface area is 110 Å². The van der Waals surface area contributed by atoms with Crippen molar-refractivity contribution in [2.75, 3.05) is 23.7 Å². The predicted molar refractivity (Wildman–Crippen MR) is 72.8 cm³/mol. The SMILES string of the molecule is CC1(O)CCCCN(c2nc(N)nc3[nH]ncc23)C1. The first-order valence-corrected chi connectivity index (χ1v) is 6.49. The molecule has 0 aromatic carbocycles. The molecule has 19 heavy (non-hydrogen) atoms. The first-order valence-electron chi connectivity index (χ1n) is 6.49. The van der Waals surface area contributed by atoms with Gasteiger partial charge in [-0.2, -0.15) is 15.1 Å². The Balaban J connectivity index is 2.05. The smallest absolute Gasteiger partial charge is 0.224 e. The van der Waals surface area contributed by atoms with Crippen molar-refractivity contribution < 1.29 is 5.11 Å². The first-order chi connectivity index (χ1) is 9.05. The van der Waals surface area contributed by atoms with Crippen molar-refractivity contribution in [2.24, 2.45) is 0 Å². The Hall–Kier alpha value is -1.89. The quantitative estimate of drug-likeness (QED) is 0.698. The van der Waals surface area contributed by atoms with Gasteiger partial charge in [0.1, 0.15) is 5.82 Å². The number of rotatable bonds is 1. The van der Waals surface area contributed by atoms with Gasteiger partial charge in [-0.05, 0) is 26.2 Å². The summed E-state index contributed by atoms with van der Waals surface area (Å²) in [5, 5.41) is 18.0. The van der Waals surface area contributed by atoms with Crippen molar-refractivity contribution in [2.45, 2.75) is 31.8 Å². The number of β-amino-alcohol motifs (C(OH)–C–C–N with tert-alkyl or cyclic N) is 1. The number of H-pyrrole nitrogens is 1. The van der Waals surface area contributed by atoms with Crippen LogP contribution >= 0.6 is 0 Å². The molecule has 3 heterocycles. The Morgan fingerprint density at radius 3 is 3.11 bits per heavy atom. The monoisotopic (exact) mass is 262 g/mol. The van der Waals surface area contributed by atoms with E-state index >= 15 is 0 Å². The molecule has 1 aliphatic rings. The summed E-state index contributed by atoms with van der Waals surface area (Å²) < 4.78 is 0. The van der Waals surface area contributed by atoms with E-state index in [9.17, 15) is 5.11 Å². The Morgan fingerprint density at radius 2 is 2.26 bits per heavy atom. The van der Waals surface area contributed by atoms with Gasteiger partial charge in [-0.3, -0.25) is 5.10 Å². The van der Waals surface area contributed by atoms with Crippen molar-refractivity contribution in [1.82, 2.24) is 20.2 Å². The average Bonchev–Trinajstić information content (AvgIpc) is 2.72. The van der Waals surface area contributed by atoms with Crippen LogP contribution in [0.1, 0.15) is 26.2 Å². The van der Waals surface area contributed by atoms with Crippen LogP contribution in [0.4, 0.5) is 11.8 Å². The van der Waals surface area contributed by atoms with E-state index in [4.69, 9.17) is 5.73 Å². The number of nitrogen functional groups attached to an aromatic ring is 1. The third kappa shape index (κ3) is 2.33. The molecule has 1 atom stereocenters. The molecule has 0 aliphatic carbocycles. The van der Waals surface area contributed by atoms with E-state index in [1.54, 1.807) is 6.20 Å². The zero-order valence-electron chi connectivity index (χ0n) is 10.9. The molecule has 1 unspecified atom stereocenters. The van der Waals surface area contributed by atoms with Crippen LogP contribution in [0, 0.1) is 0 Å². The summed E-state index contributed by atoms with van der Waals surface area (Å²) in [4.78, 5) is 10.5. The molecule has 1 fully saturated rings. The first kappa shape index (κ1) is 12.2. The Bertz CT molecular complexity index is 593. The number of nitrogens with one attached hydrogen (secondary N) is 1. The largest absolute Gasteiger partial charge is 0.388 e. The van der Waals surface area contributed by atoms with Crippen LogP contribution < -0.4 is 10.6 Å². The second-order valence-corrected chi connectivity index (χ2v) is 5.41. The minimum Gasteiger partial charge on any atom is -0.388 e. The molecule has 0 spiro atoms. The highest BCUT2D eigenvalue weighted by Crippen LogP contribution is 2.28. The molecule has 1 aliphatic heterocycles. The molecule has 0 saturated carbocycles. The third-order valence-electron chi connectivity index (χ3n) is 3.53. The van der Waals surface area contributed by atoms with Gasteiger partial charge in [0.05, 0.1) is 17.2 Å². The zero-order chi connectivity index (χ0) is 13.5. The average molecular weight is 262 g/mol. The van der Waals surface area contributed by atoms with E-state index in [2.05, 4.69) is 25.1 Å². The molecule has 102 valence electrons. The van der Waals surface area contributed by atoms with Gasteiger partial charge in [0, 0.05) is 13.1 Å². The highest BCUT2D eigenvalue weighted by Gasteiger charge is 2.28. The lowest BCUT2D eigenvalue weighted by atomic mass is 10.0. The summed E-state index contributed by atoms with van der Waals surface area (Å²) in [7, 11) is 0. The van der Waals surface area contributed by atoms with Gasteiger partial charge >= 0.3 is 0 Å². The second kappa shape index (κ2) is 4.34. The zero-order valence-corrected chi connectivity index (χ0v) is 10.9. The summed E-state index contributed by atoms with van der Waals surface area (Å²) in [5.74, 6) is 0.967. The van der Waals surface area contributed by atoms with Crippen LogP contribution in [-0.4, -0.2) is 44.0 Å². The number of hydrogen-bond acceptors (Lipinski definition) is 6. The normalized spacial score (nSPS) is 24.6. The topological polar surface area (TPSA) is 104 Å². The number of hydrogen-bond donors (Lipinski definition) is 3. The fourth-order valence-electron chi connectivity index (χ4n) is 2.64. The maximum atomic E-state index is 10.3. The molecule has 2 aromatic rings. The van der Waals surface area contributed by atoms with Gasteiger partial charge in [-0.1, -0.05) is 0 Å². The number of aliphatic hydroxyl groups is 1. The lowest BCUT2D eigenvalue weighted by molar-refractivity contribution is 0.0612. The number of aromatic amines is 1. The Kier molecular flexibility index (Phi) is 2.78. The van der Waals surface area contributed by atoms with Crippen molar-refractivity contribution >= 4 is 22.8 Å². The van der Waals surface area contributed by atoms with Crippen LogP contribution in [0.25, 0.3) is 11.0 Å². The number of aromatic nitrogens is 4. The van der Waals surface area contributed by atoms with E-state index in [1.807, 2.05) is 6.92 Å². The summed E-state index contributed by atoms with van der Waals surface area (Å²) in [6.07, 6.45) is 4.54. The maximum Gasteiger partial charge on any atom is 0.224 e. The third-order valence-corrected chi connectivity index (χ3v) is 3.53. The lowest BCUT2D eigenvalue weighted by Crippen LogP contribution is -2.39. The van der Waals surface area contributed by atoms with E-state index in [0.717, 1.165) is 37.0 Å². The molecule has 0 bridgehead atoms. The molecular weight excluding hydrogens is 244 g/mol. The maximum absolute atomic E-state index is 10.3. The van der Waals surface area contributed by atoms with Crippen LogP contribution in [-0.2, 0) is 0 Å². The van der Waals surface area contributed by atoms with Gasteiger partial charge < -0.3 is 15.7 Å². The molecule has 0 radical (unpaired) electrons. The van der Waals surface area contributed by atoms with E-state index in [1.165, 1.54) is 0 Å². The highest BCUT2D eigenvalue weighted by molar-refractivity contribution is 5.87. The molecular formula is C12H18N6O. The van der Waals surface area contributed by atoms with Crippen LogP contribution in [0.5, 0.6) is 0 Å². The van der Waals surface area contributed by atoms with Gasteiger partial charge in [-0.15, -0.1) is 0 Å². The lowest BCUT2D eigenvalue weighted by Gasteiger charge is -2.29. The van der Waals surface area contributed by atoms with Crippen LogP contribution in [0.3, 0.4) is 0 Å². The number of anilines is 2. The standard InChI is InChI=1S/C12H18N6O/c1-12(19)4-2-3-5-18(7-12)10-8-6-14-17-9(8)15-11(13)16-10/h6,19H,2-5,7H2,1H3,(H3,13,14,15,16,17). The highest BCUT2D eigenvalue weighted by atomic mass is 16.3. The molecule has 7 nitrogen and oxygen atoms in total. The van der Waals surface area contributed by atoms with Gasteiger partial charge in [0.2, 0.25) is 5.95 Å². The molecule has 1 saturated heterocycles. The Morgan fingerprint density at radius 1 is 1.42 bits per heavy atom. The summed E-state index contributed by atoms with van der Waals surface area (Å²) in [6, 6.07) is 0. The molecule has 4 N–H and O–H groups in total. The van der Waals surface area contributed by atoms with Gasteiger partial charge in [0.15, 0.2) is 5.65 Å². The summed E-state index contributed by atoms with van der Waals surface area (Å²) in [6.45, 7) is 3.26. The minimum absolute atomic E-state index is 0.218. The van der Waals surface area contributed by atoms with Crippen molar-refractivity contribution in [1.29, 1.82) is 0 Å². The number of fused-ring (bicyclic) bond motifs is 1. The number of nitrogens with zero attached hydrogens (tertiary/aromatic N) is 4. The molecule has 3 rings (SSSR count). The van der Waals surface area contributed by atoms with Crippen molar-refractivity contribution in [3.05, 3.63) is 6.20 Å². The minimum atomic E-state index is -0.702. The summed E-state index contributed by atoms with van der Waals surface area (Å²) >= 11 is 0. The van der Waals surface area contributed by atoms with Gasteiger partial charge in [-0.25, -0.2) is 0 Å². The predicted octanol–water partition coefficient (Wildman–Crippen LogP) is 0.676. The van der Waals surface area contributed by atoms with Crippen LogP contribution in [0.2, 0.25) is 0 Å². The van der Waals surface area contributed by atoms with Crippen LogP contribution in [0.15, 0.2) is 6.20 Å². The fraction of sp³-hybridized carbons (Fsp3) is 0.583.